The molecule has 0 fully saturated rings. The largest absolute Gasteiger partial charge is 0.393 e. The van der Waals surface area contributed by atoms with Gasteiger partial charge in [-0.1, -0.05) is 30.4 Å². The molecule has 0 saturated heterocycles. The summed E-state index contributed by atoms with van der Waals surface area (Å²) >= 11 is 4.65. The van der Waals surface area contributed by atoms with Crippen LogP contribution in [0.3, 0.4) is 0 Å². The van der Waals surface area contributed by atoms with E-state index < -0.39 is 0 Å². The minimum Gasteiger partial charge on any atom is -0.393 e. The fraction of sp³-hybridized carbons (Fsp3) is 0.125. The summed E-state index contributed by atoms with van der Waals surface area (Å²) < 4.78 is 12.8. The smallest absolute Gasteiger partial charge is 0.126 e. The van der Waals surface area contributed by atoms with E-state index >= 15 is 0 Å². The van der Waals surface area contributed by atoms with Crippen LogP contribution >= 0.6 is 12.2 Å². The summed E-state index contributed by atoms with van der Waals surface area (Å²) in [6.45, 7) is 0. The van der Waals surface area contributed by atoms with Crippen molar-refractivity contribution in [2.75, 3.05) is 0 Å². The van der Waals surface area contributed by atoms with E-state index in [9.17, 15) is 4.39 Å². The van der Waals surface area contributed by atoms with Gasteiger partial charge in [-0.2, -0.15) is 0 Å². The molecule has 0 aliphatic rings. The minimum absolute atomic E-state index is 0.250. The fourth-order valence-electron chi connectivity index (χ4n) is 0.829. The van der Waals surface area contributed by atoms with Crippen molar-refractivity contribution in [1.82, 2.24) is 0 Å². The molecule has 0 heterocycles. The Balaban J connectivity index is 2.86. The third-order valence-corrected chi connectivity index (χ3v) is 1.47. The third kappa shape index (κ3) is 2.27. The Kier molecular flexibility index (Phi) is 2.54. The first kappa shape index (κ1) is 8.14. The highest BCUT2D eigenvalue weighted by atomic mass is 32.1. The molecule has 0 amide bonds. The van der Waals surface area contributed by atoms with Crippen LogP contribution in [0.15, 0.2) is 24.3 Å². The van der Waals surface area contributed by atoms with Gasteiger partial charge in [0.15, 0.2) is 0 Å². The van der Waals surface area contributed by atoms with Crippen LogP contribution < -0.4 is 5.73 Å². The number of rotatable bonds is 2. The van der Waals surface area contributed by atoms with Gasteiger partial charge in [-0.25, -0.2) is 4.39 Å². The molecule has 0 bridgehead atoms. The average Bonchev–Trinajstić information content (AvgIpc) is 1.93. The van der Waals surface area contributed by atoms with E-state index in [4.69, 9.17) is 5.73 Å². The lowest BCUT2D eigenvalue weighted by molar-refractivity contribution is 0.616. The zero-order valence-electron chi connectivity index (χ0n) is 5.88. The van der Waals surface area contributed by atoms with Crippen LogP contribution in [-0.2, 0) is 6.42 Å². The lowest BCUT2D eigenvalue weighted by Crippen LogP contribution is -2.11. The molecule has 0 radical (unpaired) electrons. The Morgan fingerprint density at radius 3 is 2.64 bits per heavy atom. The van der Waals surface area contributed by atoms with Gasteiger partial charge >= 0.3 is 0 Å². The van der Waals surface area contributed by atoms with Gasteiger partial charge in [-0.05, 0) is 11.6 Å². The van der Waals surface area contributed by atoms with Crippen LogP contribution in [0.25, 0.3) is 0 Å². The summed E-state index contributed by atoms with van der Waals surface area (Å²) in [5, 5.41) is 0. The topological polar surface area (TPSA) is 26.0 Å². The quantitative estimate of drug-likeness (QED) is 0.681. The summed E-state index contributed by atoms with van der Waals surface area (Å²) in [5.74, 6) is -0.250. The third-order valence-electron chi connectivity index (χ3n) is 1.32. The summed E-state index contributed by atoms with van der Waals surface area (Å²) in [5.41, 5.74) is 5.81. The fourth-order valence-corrected chi connectivity index (χ4v) is 0.985. The number of thiocarbonyl (C=S) groups is 1. The van der Waals surface area contributed by atoms with Gasteiger partial charge in [0, 0.05) is 6.42 Å². The molecule has 0 spiro atoms. The predicted molar refractivity (Wildman–Crippen MR) is 46.9 cm³/mol. The number of benzene rings is 1. The van der Waals surface area contributed by atoms with Crippen LogP contribution in [0.2, 0.25) is 0 Å². The molecule has 1 rings (SSSR count). The number of nitrogens with two attached hydrogens (primary N) is 1. The maximum atomic E-state index is 12.8. The molecule has 0 aromatic heterocycles. The molecule has 3 heteroatoms. The second-order valence-corrected chi connectivity index (χ2v) is 2.76. The molecular formula is C8H8FNS. The van der Waals surface area contributed by atoms with Gasteiger partial charge in [0.25, 0.3) is 0 Å². The molecule has 1 aromatic carbocycles. The van der Waals surface area contributed by atoms with Gasteiger partial charge in [-0.3, -0.25) is 0 Å². The van der Waals surface area contributed by atoms with E-state index in [1.54, 1.807) is 18.2 Å². The Hall–Kier alpha value is -0.960. The number of hydrogen-bond acceptors (Lipinski definition) is 1. The van der Waals surface area contributed by atoms with Crippen LogP contribution in [-0.4, -0.2) is 4.99 Å². The van der Waals surface area contributed by atoms with Crippen LogP contribution in [0.5, 0.6) is 0 Å². The zero-order valence-corrected chi connectivity index (χ0v) is 6.70. The second kappa shape index (κ2) is 3.44. The Morgan fingerprint density at radius 2 is 2.09 bits per heavy atom. The van der Waals surface area contributed by atoms with Gasteiger partial charge in [0.2, 0.25) is 0 Å². The van der Waals surface area contributed by atoms with E-state index in [0.29, 0.717) is 17.0 Å². The highest BCUT2D eigenvalue weighted by Gasteiger charge is 2.00. The van der Waals surface area contributed by atoms with Gasteiger partial charge in [0.05, 0.1) is 4.99 Å². The summed E-state index contributed by atoms with van der Waals surface area (Å²) in [6, 6.07) is 6.47. The lowest BCUT2D eigenvalue weighted by atomic mass is 10.1. The number of hydrogen-bond donors (Lipinski definition) is 1. The molecule has 1 nitrogen and oxygen atoms in total. The highest BCUT2D eigenvalue weighted by Crippen LogP contribution is 2.06. The molecule has 0 atom stereocenters. The molecule has 0 unspecified atom stereocenters. The van der Waals surface area contributed by atoms with Crippen molar-refractivity contribution < 1.29 is 4.39 Å². The van der Waals surface area contributed by atoms with Crippen molar-refractivity contribution >= 4 is 17.2 Å². The van der Waals surface area contributed by atoms with Crippen molar-refractivity contribution in [3.63, 3.8) is 0 Å². The van der Waals surface area contributed by atoms with E-state index in [0.717, 1.165) is 0 Å². The summed E-state index contributed by atoms with van der Waals surface area (Å²) in [4.78, 5) is 0.315. The minimum atomic E-state index is -0.250. The van der Waals surface area contributed by atoms with E-state index in [2.05, 4.69) is 12.2 Å². The molecular weight excluding hydrogens is 161 g/mol. The first-order chi connectivity index (χ1) is 5.20. The van der Waals surface area contributed by atoms with Crippen molar-refractivity contribution in [2.45, 2.75) is 6.42 Å². The van der Waals surface area contributed by atoms with Gasteiger partial charge in [0.1, 0.15) is 5.82 Å². The number of halogens is 1. The predicted octanol–water partition coefficient (Wildman–Crippen LogP) is 1.65. The molecule has 2 N–H and O–H groups in total. The molecule has 1 aromatic rings. The van der Waals surface area contributed by atoms with Crippen molar-refractivity contribution in [3.05, 3.63) is 35.6 Å². The first-order valence-electron chi connectivity index (χ1n) is 3.22. The highest BCUT2D eigenvalue weighted by molar-refractivity contribution is 7.80. The Labute approximate surface area is 70.0 Å². The average molecular weight is 169 g/mol. The first-order valence-corrected chi connectivity index (χ1v) is 3.62. The van der Waals surface area contributed by atoms with E-state index in [1.807, 2.05) is 0 Å². The van der Waals surface area contributed by atoms with Crippen molar-refractivity contribution in [3.8, 4) is 0 Å². The molecule has 11 heavy (non-hydrogen) atoms. The monoisotopic (exact) mass is 169 g/mol. The Bertz CT molecular complexity index is 273. The SMILES string of the molecule is NC(=S)Cc1ccccc1F. The van der Waals surface area contributed by atoms with E-state index in [-0.39, 0.29) is 5.82 Å². The Morgan fingerprint density at radius 1 is 1.45 bits per heavy atom. The molecule has 58 valence electrons. The normalized spacial score (nSPS) is 9.55. The van der Waals surface area contributed by atoms with Crippen molar-refractivity contribution in [2.24, 2.45) is 5.73 Å². The summed E-state index contributed by atoms with van der Waals surface area (Å²) in [6.07, 6.45) is 0.335. The maximum Gasteiger partial charge on any atom is 0.126 e. The van der Waals surface area contributed by atoms with Gasteiger partial charge in [-0.15, -0.1) is 0 Å². The van der Waals surface area contributed by atoms with E-state index in [1.165, 1.54) is 6.07 Å². The molecule has 0 saturated carbocycles. The summed E-state index contributed by atoms with van der Waals surface area (Å²) in [7, 11) is 0. The van der Waals surface area contributed by atoms with Crippen LogP contribution in [0.1, 0.15) is 5.56 Å². The molecule has 0 aliphatic carbocycles. The van der Waals surface area contributed by atoms with Gasteiger partial charge < -0.3 is 5.73 Å². The second-order valence-electron chi connectivity index (χ2n) is 2.23. The zero-order chi connectivity index (χ0) is 8.27. The lowest BCUT2D eigenvalue weighted by Gasteiger charge is -1.99. The van der Waals surface area contributed by atoms with Crippen molar-refractivity contribution in [1.29, 1.82) is 0 Å². The van der Waals surface area contributed by atoms with Crippen LogP contribution in [0, 0.1) is 5.82 Å². The molecule has 0 aliphatic heterocycles. The maximum absolute atomic E-state index is 12.8. The standard InChI is InChI=1S/C8H8FNS/c9-7-4-2-1-3-6(7)5-8(10)11/h1-4H,5H2,(H2,10,11). The van der Waals surface area contributed by atoms with Crippen LogP contribution in [0.4, 0.5) is 4.39 Å².